The molecule has 21 heavy (non-hydrogen) atoms. The average Bonchev–Trinajstić information content (AvgIpc) is 2.90. The van der Waals surface area contributed by atoms with Crippen molar-refractivity contribution in [3.63, 3.8) is 0 Å². The van der Waals surface area contributed by atoms with Gasteiger partial charge < -0.3 is 5.32 Å². The van der Waals surface area contributed by atoms with Gasteiger partial charge in [0.05, 0.1) is 17.0 Å². The molecular formula is C11H8ClF3N4OS. The Morgan fingerprint density at radius 2 is 2.19 bits per heavy atom. The lowest BCUT2D eigenvalue weighted by atomic mass is 10.1. The number of benzene rings is 1. The fraction of sp³-hybridized carbons (Fsp3) is 0.182. The van der Waals surface area contributed by atoms with E-state index in [4.69, 9.17) is 11.6 Å². The summed E-state index contributed by atoms with van der Waals surface area (Å²) >= 11 is 6.57. The first-order chi connectivity index (χ1) is 9.86. The van der Waals surface area contributed by atoms with Gasteiger partial charge in [-0.2, -0.15) is 18.3 Å². The molecule has 0 aliphatic heterocycles. The van der Waals surface area contributed by atoms with Gasteiger partial charge in [0.15, 0.2) is 5.16 Å². The predicted octanol–water partition coefficient (Wildman–Crippen LogP) is 3.21. The van der Waals surface area contributed by atoms with Crippen LogP contribution in [0.1, 0.15) is 5.56 Å². The van der Waals surface area contributed by atoms with E-state index in [-0.39, 0.29) is 16.5 Å². The van der Waals surface area contributed by atoms with Gasteiger partial charge in [-0.1, -0.05) is 23.4 Å². The fourth-order valence-corrected chi connectivity index (χ4v) is 2.20. The number of H-pyrrole nitrogens is 1. The summed E-state index contributed by atoms with van der Waals surface area (Å²) in [6.45, 7) is 0. The third-order valence-corrected chi connectivity index (χ3v) is 3.41. The smallest absolute Gasteiger partial charge is 0.325 e. The van der Waals surface area contributed by atoms with E-state index in [1.54, 1.807) is 0 Å². The van der Waals surface area contributed by atoms with Crippen LogP contribution in [0.2, 0.25) is 5.02 Å². The van der Waals surface area contributed by atoms with Gasteiger partial charge in [-0.15, -0.1) is 0 Å². The molecule has 0 atom stereocenters. The fourth-order valence-electron chi connectivity index (χ4n) is 1.44. The third kappa shape index (κ3) is 4.36. The van der Waals surface area contributed by atoms with Crippen molar-refractivity contribution in [2.45, 2.75) is 11.3 Å². The lowest BCUT2D eigenvalue weighted by Gasteiger charge is -2.13. The van der Waals surface area contributed by atoms with E-state index in [1.807, 2.05) is 0 Å². The Balaban J connectivity index is 2.06. The molecule has 0 saturated carbocycles. The zero-order valence-electron chi connectivity index (χ0n) is 10.2. The molecule has 0 saturated heterocycles. The van der Waals surface area contributed by atoms with Crippen molar-refractivity contribution in [1.29, 1.82) is 0 Å². The molecule has 2 aromatic rings. The Kier molecular flexibility index (Phi) is 4.73. The van der Waals surface area contributed by atoms with E-state index in [0.717, 1.165) is 23.9 Å². The number of rotatable bonds is 4. The van der Waals surface area contributed by atoms with Gasteiger partial charge >= 0.3 is 6.18 Å². The van der Waals surface area contributed by atoms with E-state index in [1.165, 1.54) is 12.4 Å². The number of anilines is 1. The maximum atomic E-state index is 12.8. The highest BCUT2D eigenvalue weighted by Crippen LogP contribution is 2.36. The number of alkyl halides is 3. The Morgan fingerprint density at radius 3 is 2.81 bits per heavy atom. The second kappa shape index (κ2) is 6.35. The molecule has 10 heteroatoms. The van der Waals surface area contributed by atoms with E-state index in [0.29, 0.717) is 5.16 Å². The Labute approximate surface area is 126 Å². The minimum Gasteiger partial charge on any atom is -0.325 e. The number of hydrogen-bond acceptors (Lipinski definition) is 4. The second-order valence-electron chi connectivity index (χ2n) is 3.82. The number of carbonyl (C=O) groups is 1. The summed E-state index contributed by atoms with van der Waals surface area (Å²) < 4.78 is 38.5. The number of nitrogens with zero attached hydrogens (tertiary/aromatic N) is 2. The van der Waals surface area contributed by atoms with Crippen LogP contribution in [0.25, 0.3) is 0 Å². The van der Waals surface area contributed by atoms with Crippen molar-refractivity contribution in [1.82, 2.24) is 15.2 Å². The highest BCUT2D eigenvalue weighted by molar-refractivity contribution is 7.99. The number of halogens is 4. The van der Waals surface area contributed by atoms with Crippen LogP contribution >= 0.6 is 23.4 Å². The molecule has 2 N–H and O–H groups in total. The number of aromatic amines is 1. The van der Waals surface area contributed by atoms with Crippen molar-refractivity contribution in [3.8, 4) is 0 Å². The molecule has 0 bridgehead atoms. The Morgan fingerprint density at radius 1 is 1.43 bits per heavy atom. The van der Waals surface area contributed by atoms with Gasteiger partial charge in [0.25, 0.3) is 0 Å². The second-order valence-corrected chi connectivity index (χ2v) is 5.22. The minimum absolute atomic E-state index is 0.0589. The van der Waals surface area contributed by atoms with Gasteiger partial charge in [-0.05, 0) is 18.2 Å². The molecule has 0 aliphatic carbocycles. The molecule has 0 unspecified atom stereocenters. The maximum Gasteiger partial charge on any atom is 0.418 e. The van der Waals surface area contributed by atoms with Crippen molar-refractivity contribution in [2.24, 2.45) is 0 Å². The van der Waals surface area contributed by atoms with Crippen molar-refractivity contribution in [3.05, 3.63) is 35.1 Å². The molecule has 0 radical (unpaired) electrons. The van der Waals surface area contributed by atoms with E-state index in [9.17, 15) is 18.0 Å². The van der Waals surface area contributed by atoms with Gasteiger partial charge in [0.2, 0.25) is 5.91 Å². The summed E-state index contributed by atoms with van der Waals surface area (Å²) in [5.41, 5.74) is -1.33. The number of nitrogens with one attached hydrogen (secondary N) is 2. The predicted molar refractivity (Wildman–Crippen MR) is 72.2 cm³/mol. The minimum atomic E-state index is -4.61. The SMILES string of the molecule is O=C(CSc1ncn[nH]1)Nc1ccc(Cl)cc1C(F)(F)F. The largest absolute Gasteiger partial charge is 0.418 e. The summed E-state index contributed by atoms with van der Waals surface area (Å²) in [6.07, 6.45) is -3.34. The summed E-state index contributed by atoms with van der Waals surface area (Å²) in [5.74, 6) is -0.695. The summed E-state index contributed by atoms with van der Waals surface area (Å²) in [4.78, 5) is 15.5. The summed E-state index contributed by atoms with van der Waals surface area (Å²) in [6, 6.07) is 3.15. The molecule has 2 rings (SSSR count). The first-order valence-corrected chi connectivity index (χ1v) is 6.87. The number of carbonyl (C=O) groups excluding carboxylic acids is 1. The first-order valence-electron chi connectivity index (χ1n) is 5.51. The van der Waals surface area contributed by atoms with Crippen LogP contribution in [-0.2, 0) is 11.0 Å². The normalized spacial score (nSPS) is 11.4. The highest BCUT2D eigenvalue weighted by Gasteiger charge is 2.34. The Hall–Kier alpha value is -1.74. The van der Waals surface area contributed by atoms with Gasteiger partial charge in [0.1, 0.15) is 6.33 Å². The lowest BCUT2D eigenvalue weighted by Crippen LogP contribution is -2.18. The van der Waals surface area contributed by atoms with Gasteiger partial charge in [-0.25, -0.2) is 4.98 Å². The molecule has 0 spiro atoms. The van der Waals surface area contributed by atoms with Crippen molar-refractivity contribution < 1.29 is 18.0 Å². The topological polar surface area (TPSA) is 70.7 Å². The van der Waals surface area contributed by atoms with Crippen LogP contribution in [0.15, 0.2) is 29.7 Å². The summed E-state index contributed by atoms with van der Waals surface area (Å²) in [5, 5.41) is 8.66. The van der Waals surface area contributed by atoms with Gasteiger partial charge in [-0.3, -0.25) is 9.89 Å². The van der Waals surface area contributed by atoms with Gasteiger partial charge in [0, 0.05) is 5.02 Å². The first kappa shape index (κ1) is 15.6. The zero-order valence-corrected chi connectivity index (χ0v) is 11.8. The zero-order chi connectivity index (χ0) is 15.5. The van der Waals surface area contributed by atoms with Crippen molar-refractivity contribution >= 4 is 35.0 Å². The van der Waals surface area contributed by atoms with Crippen molar-refractivity contribution in [2.75, 3.05) is 11.1 Å². The standard InChI is InChI=1S/C11H8ClF3N4OS/c12-6-1-2-8(7(3-6)11(13,14)15)18-9(20)4-21-10-16-5-17-19-10/h1-3,5H,4H2,(H,18,20)(H,16,17,19). The lowest BCUT2D eigenvalue weighted by molar-refractivity contribution is -0.137. The molecule has 0 aliphatic rings. The van der Waals surface area contributed by atoms with Crippen LogP contribution in [0.5, 0.6) is 0 Å². The van der Waals surface area contributed by atoms with Crippen LogP contribution in [0.4, 0.5) is 18.9 Å². The highest BCUT2D eigenvalue weighted by atomic mass is 35.5. The average molecular weight is 337 g/mol. The molecule has 112 valence electrons. The number of hydrogen-bond donors (Lipinski definition) is 2. The van der Waals surface area contributed by atoms with Crippen LogP contribution in [-0.4, -0.2) is 26.8 Å². The van der Waals surface area contributed by atoms with E-state index < -0.39 is 17.6 Å². The molecule has 1 aromatic carbocycles. The number of thioether (sulfide) groups is 1. The Bertz CT molecular complexity index is 633. The molecule has 0 fully saturated rings. The summed E-state index contributed by atoms with van der Waals surface area (Å²) in [7, 11) is 0. The molecule has 1 aromatic heterocycles. The van der Waals surface area contributed by atoms with E-state index >= 15 is 0 Å². The maximum absolute atomic E-state index is 12.8. The quantitative estimate of drug-likeness (QED) is 0.841. The number of amides is 1. The molecule has 1 heterocycles. The van der Waals surface area contributed by atoms with E-state index in [2.05, 4.69) is 20.5 Å². The van der Waals surface area contributed by atoms with Crippen LogP contribution in [0, 0.1) is 0 Å². The molecular weight excluding hydrogens is 329 g/mol. The van der Waals surface area contributed by atoms with Crippen LogP contribution < -0.4 is 5.32 Å². The molecule has 5 nitrogen and oxygen atoms in total. The molecule has 1 amide bonds. The van der Waals surface area contributed by atoms with Crippen LogP contribution in [0.3, 0.4) is 0 Å². The monoisotopic (exact) mass is 336 g/mol. The number of aromatic nitrogens is 3. The third-order valence-electron chi connectivity index (χ3n) is 2.29.